The summed E-state index contributed by atoms with van der Waals surface area (Å²) in [6, 6.07) is 5.89. The van der Waals surface area contributed by atoms with Gasteiger partial charge in [-0.25, -0.2) is 9.29 Å². The second-order valence-corrected chi connectivity index (χ2v) is 4.71. The molecule has 1 heterocycles. The van der Waals surface area contributed by atoms with Gasteiger partial charge in [-0.15, -0.1) is 11.8 Å². The van der Waals surface area contributed by atoms with Crippen LogP contribution in [0.15, 0.2) is 29.4 Å². The number of pyridine rings is 1. The molecule has 15 heavy (non-hydrogen) atoms. The van der Waals surface area contributed by atoms with Crippen molar-refractivity contribution in [3.63, 3.8) is 0 Å². The van der Waals surface area contributed by atoms with E-state index in [-0.39, 0.29) is 0 Å². The molecule has 86 valence electrons. The molecule has 1 aromatic rings. The van der Waals surface area contributed by atoms with Gasteiger partial charge in [0.05, 0.1) is 5.03 Å². The van der Waals surface area contributed by atoms with Crippen molar-refractivity contribution in [2.24, 2.45) is 0 Å². The zero-order chi connectivity index (χ0) is 11.7. The van der Waals surface area contributed by atoms with E-state index < -0.39 is 16.5 Å². The average Bonchev–Trinajstić information content (AvgIpc) is 2.18. The predicted octanol–water partition coefficient (Wildman–Crippen LogP) is 1.57. The van der Waals surface area contributed by atoms with Gasteiger partial charge in [0.2, 0.25) is 0 Å². The summed E-state index contributed by atoms with van der Waals surface area (Å²) in [6.07, 6.45) is 3.81. The highest BCUT2D eigenvalue weighted by atomic mass is 32.2. The average molecular weight is 271 g/mol. The Balaban J connectivity index is 0.000000265. The number of thioether (sulfide) groups is 1. The Bertz CT molecular complexity index is 311. The van der Waals surface area contributed by atoms with Gasteiger partial charge in [-0.3, -0.25) is 9.13 Å². The number of rotatable bonds is 3. The van der Waals surface area contributed by atoms with Crippen LogP contribution in [0.5, 0.6) is 0 Å². The topological polar surface area (TPSA) is 96.7 Å². The number of hydrogen-bond acceptors (Lipinski definition) is 5. The van der Waals surface area contributed by atoms with Crippen LogP contribution >= 0.6 is 28.3 Å². The minimum atomic E-state index is -3.20. The molecular weight excluding hydrogens is 260 g/mol. The van der Waals surface area contributed by atoms with Gasteiger partial charge in [0.15, 0.2) is 0 Å². The maximum absolute atomic E-state index is 9.44. The van der Waals surface area contributed by atoms with Crippen LogP contribution in [0.3, 0.4) is 0 Å². The fraction of sp³-hybridized carbons (Fsp3) is 0.167. The van der Waals surface area contributed by atoms with E-state index >= 15 is 0 Å². The second-order valence-electron chi connectivity index (χ2n) is 2.01. The van der Waals surface area contributed by atoms with Crippen LogP contribution in [-0.4, -0.2) is 21.0 Å². The Hall–Kier alpha value is -0.160. The summed E-state index contributed by atoms with van der Waals surface area (Å²) < 4.78 is 22.3. The molecule has 9 heteroatoms. The fourth-order valence-corrected chi connectivity index (χ4v) is 1.52. The largest absolute Gasteiger partial charge is 0.326 e. The Morgan fingerprint density at radius 2 is 1.93 bits per heavy atom. The fourth-order valence-electron chi connectivity index (χ4n) is 0.543. The summed E-state index contributed by atoms with van der Waals surface area (Å²) in [7, 11) is -6.40. The molecule has 2 unspecified atom stereocenters. The third kappa shape index (κ3) is 10.1. The Morgan fingerprint density at radius 1 is 1.33 bits per heavy atom. The van der Waals surface area contributed by atoms with Crippen molar-refractivity contribution < 1.29 is 23.2 Å². The van der Waals surface area contributed by atoms with Crippen LogP contribution in [0.2, 0.25) is 0 Å². The van der Waals surface area contributed by atoms with E-state index in [2.05, 4.69) is 9.29 Å². The SMILES string of the molecule is CSc1ccccn1.O=[PH](O)O[PH](=O)O. The number of hydrogen-bond donors (Lipinski definition) is 2. The minimum Gasteiger partial charge on any atom is -0.326 e. The van der Waals surface area contributed by atoms with Crippen LogP contribution in [0.4, 0.5) is 0 Å². The highest BCUT2D eigenvalue weighted by Gasteiger charge is 1.93. The monoisotopic (exact) mass is 271 g/mol. The molecule has 0 bridgehead atoms. The summed E-state index contributed by atoms with van der Waals surface area (Å²) in [5.41, 5.74) is 0. The van der Waals surface area contributed by atoms with Crippen molar-refractivity contribution in [2.75, 3.05) is 6.26 Å². The molecule has 0 radical (unpaired) electrons. The lowest BCUT2D eigenvalue weighted by Gasteiger charge is -1.88. The zero-order valence-electron chi connectivity index (χ0n) is 7.78. The van der Waals surface area contributed by atoms with E-state index in [1.54, 1.807) is 18.0 Å². The Kier molecular flexibility index (Phi) is 9.00. The molecule has 0 aliphatic heterocycles. The van der Waals surface area contributed by atoms with E-state index in [1.165, 1.54) is 0 Å². The third-order valence-electron chi connectivity index (χ3n) is 1.02. The Morgan fingerprint density at radius 3 is 2.13 bits per heavy atom. The highest BCUT2D eigenvalue weighted by molar-refractivity contribution is 7.98. The van der Waals surface area contributed by atoms with Gasteiger partial charge in [0, 0.05) is 6.20 Å². The zero-order valence-corrected chi connectivity index (χ0v) is 10.6. The van der Waals surface area contributed by atoms with E-state index in [4.69, 9.17) is 9.79 Å². The highest BCUT2D eigenvalue weighted by Crippen LogP contribution is 2.30. The maximum Gasteiger partial charge on any atom is 0.323 e. The molecule has 1 aromatic heterocycles. The number of aromatic nitrogens is 1. The van der Waals surface area contributed by atoms with Crippen molar-refractivity contribution in [1.82, 2.24) is 4.98 Å². The van der Waals surface area contributed by atoms with Crippen LogP contribution in [0.1, 0.15) is 0 Å². The smallest absolute Gasteiger partial charge is 0.323 e. The molecule has 0 spiro atoms. The van der Waals surface area contributed by atoms with Gasteiger partial charge in [-0.05, 0) is 18.4 Å². The van der Waals surface area contributed by atoms with E-state index in [9.17, 15) is 9.13 Å². The summed E-state index contributed by atoms with van der Waals surface area (Å²) in [4.78, 5) is 19.5. The lowest BCUT2D eigenvalue weighted by Crippen LogP contribution is -1.71. The van der Waals surface area contributed by atoms with E-state index in [0.29, 0.717) is 0 Å². The second kappa shape index (κ2) is 9.09. The molecule has 2 atom stereocenters. The lowest BCUT2D eigenvalue weighted by atomic mass is 10.5. The molecule has 0 fully saturated rings. The standard InChI is InChI=1S/C6H7NS.H4O5P2/c1-8-6-4-2-3-5-7-6;1-6(2)5-7(3)4/h2-5H,1H3;6-7H,(H,1,2)(H,3,4). The lowest BCUT2D eigenvalue weighted by molar-refractivity contribution is 0.371. The van der Waals surface area contributed by atoms with Crippen molar-refractivity contribution >= 4 is 28.3 Å². The Labute approximate surface area is 92.6 Å². The van der Waals surface area contributed by atoms with Gasteiger partial charge >= 0.3 is 16.5 Å². The molecule has 0 saturated carbocycles. The summed E-state index contributed by atoms with van der Waals surface area (Å²) in [5, 5.41) is 1.08. The van der Waals surface area contributed by atoms with Gasteiger partial charge in [0.25, 0.3) is 0 Å². The van der Waals surface area contributed by atoms with Gasteiger partial charge in [-0.2, -0.15) is 0 Å². The van der Waals surface area contributed by atoms with E-state index in [1.807, 2.05) is 24.5 Å². The molecule has 0 saturated heterocycles. The first kappa shape index (κ1) is 14.8. The van der Waals surface area contributed by atoms with Crippen LogP contribution < -0.4 is 0 Å². The van der Waals surface area contributed by atoms with Crippen LogP contribution in [-0.2, 0) is 13.4 Å². The van der Waals surface area contributed by atoms with Crippen molar-refractivity contribution in [3.05, 3.63) is 24.4 Å². The van der Waals surface area contributed by atoms with Crippen molar-refractivity contribution in [1.29, 1.82) is 0 Å². The summed E-state index contributed by atoms with van der Waals surface area (Å²) in [6.45, 7) is 0. The summed E-state index contributed by atoms with van der Waals surface area (Å²) in [5.74, 6) is 0. The molecule has 0 amide bonds. The first-order valence-electron chi connectivity index (χ1n) is 3.65. The van der Waals surface area contributed by atoms with Crippen molar-refractivity contribution in [3.8, 4) is 0 Å². The quantitative estimate of drug-likeness (QED) is 0.636. The molecule has 0 aliphatic carbocycles. The predicted molar refractivity (Wildman–Crippen MR) is 59.5 cm³/mol. The molecule has 1 rings (SSSR count). The third-order valence-corrected chi connectivity index (χ3v) is 3.08. The molecule has 0 aliphatic rings. The molecule has 2 N–H and O–H groups in total. The molecule has 0 aromatic carbocycles. The first-order valence-corrected chi connectivity index (χ1v) is 7.40. The first-order chi connectivity index (χ1) is 7.06. The normalized spacial score (nSPS) is 13.5. The van der Waals surface area contributed by atoms with Gasteiger partial charge in [0.1, 0.15) is 0 Å². The minimum absolute atomic E-state index is 1.08. The molecular formula is C6H11NO5P2S. The van der Waals surface area contributed by atoms with Gasteiger partial charge < -0.3 is 9.79 Å². The van der Waals surface area contributed by atoms with Crippen LogP contribution in [0, 0.1) is 0 Å². The van der Waals surface area contributed by atoms with Crippen molar-refractivity contribution in [2.45, 2.75) is 5.03 Å². The van der Waals surface area contributed by atoms with E-state index in [0.717, 1.165) is 5.03 Å². The summed E-state index contributed by atoms with van der Waals surface area (Å²) >= 11 is 1.66. The maximum atomic E-state index is 9.44. The molecule has 6 nitrogen and oxygen atoms in total. The van der Waals surface area contributed by atoms with Gasteiger partial charge in [-0.1, -0.05) is 6.07 Å². The number of nitrogens with zero attached hydrogens (tertiary/aromatic N) is 1. The van der Waals surface area contributed by atoms with Crippen LogP contribution in [0.25, 0.3) is 0 Å².